The number of carbonyl (C=O) groups is 1. The number of ether oxygens (including phenoxy) is 1. The van der Waals surface area contributed by atoms with Gasteiger partial charge < -0.3 is 10.1 Å². The molecule has 1 N–H and O–H groups in total. The Morgan fingerprint density at radius 3 is 2.12 bits per heavy atom. The van der Waals surface area contributed by atoms with Crippen LogP contribution >= 0.6 is 0 Å². The van der Waals surface area contributed by atoms with Crippen molar-refractivity contribution in [3.05, 3.63) is 107 Å². The van der Waals surface area contributed by atoms with Crippen LogP contribution in [0.4, 0.5) is 0 Å². The van der Waals surface area contributed by atoms with Crippen LogP contribution in [0.5, 0.6) is 11.6 Å². The van der Waals surface area contributed by atoms with E-state index in [4.69, 9.17) is 4.74 Å². The quantitative estimate of drug-likeness (QED) is 0.410. The van der Waals surface area contributed by atoms with E-state index in [1.807, 2.05) is 69.3 Å². The number of hydrogen-bond acceptors (Lipinski definition) is 4. The van der Waals surface area contributed by atoms with Crippen LogP contribution in [0.1, 0.15) is 40.0 Å². The van der Waals surface area contributed by atoms with E-state index < -0.39 is 0 Å². The molecule has 1 atom stereocenters. The molecule has 0 unspecified atom stereocenters. The molecule has 4 aromatic rings. The summed E-state index contributed by atoms with van der Waals surface area (Å²) in [6.07, 6.45) is 1.67. The molecule has 0 aliphatic rings. The number of nitrogens with zero attached hydrogens (tertiary/aromatic N) is 2. The molecule has 5 heteroatoms. The lowest BCUT2D eigenvalue weighted by molar-refractivity contribution is 0.0940. The van der Waals surface area contributed by atoms with E-state index in [9.17, 15) is 4.79 Å². The lowest BCUT2D eigenvalue weighted by atomic mass is 10.1. The van der Waals surface area contributed by atoms with Crippen molar-refractivity contribution in [2.24, 2.45) is 0 Å². The second-order valence-electron chi connectivity index (χ2n) is 7.82. The van der Waals surface area contributed by atoms with Gasteiger partial charge in [-0.15, -0.1) is 0 Å². The number of aryl methyl sites for hydroxylation is 2. The first-order valence-corrected chi connectivity index (χ1v) is 10.5. The van der Waals surface area contributed by atoms with Gasteiger partial charge in [0.15, 0.2) is 5.82 Å². The minimum Gasteiger partial charge on any atom is -0.439 e. The van der Waals surface area contributed by atoms with Crippen molar-refractivity contribution >= 4 is 5.91 Å². The summed E-state index contributed by atoms with van der Waals surface area (Å²) in [6.45, 7) is 6.06. The summed E-state index contributed by atoms with van der Waals surface area (Å²) in [5.41, 5.74) is 4.93. The molecule has 160 valence electrons. The van der Waals surface area contributed by atoms with Crippen LogP contribution in [0.3, 0.4) is 0 Å². The van der Waals surface area contributed by atoms with Crippen LogP contribution in [0.25, 0.3) is 11.4 Å². The van der Waals surface area contributed by atoms with Crippen LogP contribution in [0.15, 0.2) is 85.1 Å². The van der Waals surface area contributed by atoms with Crippen molar-refractivity contribution in [3.63, 3.8) is 0 Å². The van der Waals surface area contributed by atoms with E-state index in [0.717, 1.165) is 11.1 Å². The van der Waals surface area contributed by atoms with Gasteiger partial charge in [-0.2, -0.15) is 4.98 Å². The fourth-order valence-corrected chi connectivity index (χ4v) is 3.25. The van der Waals surface area contributed by atoms with Crippen LogP contribution in [0.2, 0.25) is 0 Å². The third-order valence-corrected chi connectivity index (χ3v) is 5.20. The number of benzene rings is 3. The Kier molecular flexibility index (Phi) is 6.26. The molecule has 3 aromatic carbocycles. The zero-order valence-electron chi connectivity index (χ0n) is 18.4. The number of hydrogen-bond donors (Lipinski definition) is 1. The van der Waals surface area contributed by atoms with E-state index >= 15 is 0 Å². The monoisotopic (exact) mass is 423 g/mol. The molecule has 0 saturated carbocycles. The Morgan fingerprint density at radius 1 is 0.844 bits per heavy atom. The summed E-state index contributed by atoms with van der Waals surface area (Å²) >= 11 is 0. The summed E-state index contributed by atoms with van der Waals surface area (Å²) in [6, 6.07) is 24.8. The van der Waals surface area contributed by atoms with Gasteiger partial charge in [-0.1, -0.05) is 59.7 Å². The largest absolute Gasteiger partial charge is 0.439 e. The van der Waals surface area contributed by atoms with E-state index in [0.29, 0.717) is 23.0 Å². The SMILES string of the molecule is Cc1ccc(-c2nccc(Oc3ccc(C(=O)N[C@@H](C)c4ccc(C)cc4)cc3)n2)cc1. The fraction of sp³-hybridized carbons (Fsp3) is 0.148. The zero-order valence-corrected chi connectivity index (χ0v) is 18.4. The summed E-state index contributed by atoms with van der Waals surface area (Å²) in [7, 11) is 0. The number of aromatic nitrogens is 2. The second-order valence-corrected chi connectivity index (χ2v) is 7.82. The van der Waals surface area contributed by atoms with Crippen LogP contribution in [-0.2, 0) is 0 Å². The van der Waals surface area contributed by atoms with Gasteiger partial charge >= 0.3 is 0 Å². The van der Waals surface area contributed by atoms with Crippen molar-refractivity contribution in [2.75, 3.05) is 0 Å². The molecule has 4 rings (SSSR count). The summed E-state index contributed by atoms with van der Waals surface area (Å²) in [4.78, 5) is 21.4. The Morgan fingerprint density at radius 2 is 1.47 bits per heavy atom. The molecular formula is C27H25N3O2. The number of rotatable bonds is 6. The van der Waals surface area contributed by atoms with Gasteiger partial charge in [0.05, 0.1) is 6.04 Å². The van der Waals surface area contributed by atoms with Gasteiger partial charge in [-0.3, -0.25) is 4.79 Å². The maximum Gasteiger partial charge on any atom is 0.251 e. The molecule has 0 saturated heterocycles. The summed E-state index contributed by atoms with van der Waals surface area (Å²) in [5.74, 6) is 1.51. The highest BCUT2D eigenvalue weighted by Gasteiger charge is 2.12. The smallest absolute Gasteiger partial charge is 0.251 e. The number of nitrogens with one attached hydrogen (secondary N) is 1. The van der Waals surface area contributed by atoms with E-state index in [2.05, 4.69) is 15.3 Å². The predicted octanol–water partition coefficient (Wildman–Crippen LogP) is 6.04. The molecule has 0 fully saturated rings. The van der Waals surface area contributed by atoms with E-state index in [1.165, 1.54) is 11.1 Å². The molecular weight excluding hydrogens is 398 g/mol. The Bertz CT molecular complexity index is 1200. The molecule has 5 nitrogen and oxygen atoms in total. The highest BCUT2D eigenvalue weighted by atomic mass is 16.5. The highest BCUT2D eigenvalue weighted by Crippen LogP contribution is 2.23. The highest BCUT2D eigenvalue weighted by molar-refractivity contribution is 5.94. The van der Waals surface area contributed by atoms with Gasteiger partial charge in [0.25, 0.3) is 5.91 Å². The molecule has 1 heterocycles. The van der Waals surface area contributed by atoms with E-state index in [-0.39, 0.29) is 11.9 Å². The average Bonchev–Trinajstić information content (AvgIpc) is 2.80. The first-order valence-electron chi connectivity index (χ1n) is 10.5. The lowest BCUT2D eigenvalue weighted by Crippen LogP contribution is -2.26. The lowest BCUT2D eigenvalue weighted by Gasteiger charge is -2.15. The number of carbonyl (C=O) groups excluding carboxylic acids is 1. The Hall–Kier alpha value is -3.99. The molecule has 1 amide bonds. The molecule has 0 bridgehead atoms. The minimum atomic E-state index is -0.131. The predicted molar refractivity (Wildman–Crippen MR) is 126 cm³/mol. The van der Waals surface area contributed by atoms with Crippen molar-refractivity contribution in [1.29, 1.82) is 0 Å². The maximum absolute atomic E-state index is 12.6. The standard InChI is InChI=1S/C27H25N3O2/c1-18-4-8-21(9-5-18)20(3)29-27(31)23-12-14-24(15-13-23)32-25-16-17-28-26(30-25)22-10-6-19(2)7-11-22/h4-17,20H,1-3H3,(H,29,31)/t20-/m0/s1. The first-order chi connectivity index (χ1) is 15.5. The Balaban J connectivity index is 1.41. The van der Waals surface area contributed by atoms with Gasteiger partial charge in [0, 0.05) is 23.4 Å². The van der Waals surface area contributed by atoms with Crippen molar-refractivity contribution in [3.8, 4) is 23.0 Å². The minimum absolute atomic E-state index is 0.0831. The van der Waals surface area contributed by atoms with Gasteiger partial charge in [-0.05, 0) is 50.6 Å². The normalized spacial score (nSPS) is 11.6. The topological polar surface area (TPSA) is 64.1 Å². The van der Waals surface area contributed by atoms with E-state index in [1.54, 1.807) is 36.5 Å². The molecule has 0 spiro atoms. The summed E-state index contributed by atoms with van der Waals surface area (Å²) in [5, 5.41) is 3.03. The average molecular weight is 424 g/mol. The van der Waals surface area contributed by atoms with Crippen LogP contribution in [-0.4, -0.2) is 15.9 Å². The van der Waals surface area contributed by atoms with Gasteiger partial charge in [-0.25, -0.2) is 4.98 Å². The van der Waals surface area contributed by atoms with Crippen molar-refractivity contribution < 1.29 is 9.53 Å². The third-order valence-electron chi connectivity index (χ3n) is 5.20. The fourth-order valence-electron chi connectivity index (χ4n) is 3.25. The Labute approximate surface area is 188 Å². The van der Waals surface area contributed by atoms with Crippen LogP contribution in [0, 0.1) is 13.8 Å². The molecule has 0 radical (unpaired) electrons. The zero-order chi connectivity index (χ0) is 22.5. The molecule has 0 aliphatic carbocycles. The molecule has 1 aromatic heterocycles. The van der Waals surface area contributed by atoms with Crippen molar-refractivity contribution in [1.82, 2.24) is 15.3 Å². The second kappa shape index (κ2) is 9.43. The molecule has 0 aliphatic heterocycles. The van der Waals surface area contributed by atoms with Gasteiger partial charge in [0.1, 0.15) is 5.75 Å². The van der Waals surface area contributed by atoms with Crippen LogP contribution < -0.4 is 10.1 Å². The summed E-state index contributed by atoms with van der Waals surface area (Å²) < 4.78 is 5.88. The van der Waals surface area contributed by atoms with Crippen molar-refractivity contribution in [2.45, 2.75) is 26.8 Å². The third kappa shape index (κ3) is 5.19. The number of amides is 1. The first kappa shape index (κ1) is 21.2. The molecule has 32 heavy (non-hydrogen) atoms. The maximum atomic E-state index is 12.6. The van der Waals surface area contributed by atoms with Gasteiger partial charge in [0.2, 0.25) is 5.88 Å².